The molecule has 5 nitrogen and oxygen atoms in total. The first-order valence-corrected chi connectivity index (χ1v) is 5.89. The summed E-state index contributed by atoms with van der Waals surface area (Å²) in [5, 5.41) is 4.54. The zero-order valence-electron chi connectivity index (χ0n) is 8.92. The summed E-state index contributed by atoms with van der Waals surface area (Å²) in [5.74, 6) is -0.251. The van der Waals surface area contributed by atoms with Crippen LogP contribution in [0.25, 0.3) is 0 Å². The molecule has 1 aromatic carbocycles. The van der Waals surface area contributed by atoms with E-state index < -0.39 is 11.9 Å². The molecule has 0 atom stereocenters. The van der Waals surface area contributed by atoms with E-state index in [1.807, 2.05) is 0 Å². The van der Waals surface area contributed by atoms with Crippen molar-refractivity contribution in [3.63, 3.8) is 0 Å². The molecular formula is C10H10BrClN2O3. The van der Waals surface area contributed by atoms with E-state index in [0.717, 1.165) is 4.47 Å². The highest BCUT2D eigenvalue weighted by atomic mass is 79.9. The number of alkyl halides is 1. The van der Waals surface area contributed by atoms with Crippen molar-refractivity contribution in [2.45, 2.75) is 0 Å². The number of hydrogen-bond donors (Lipinski definition) is 2. The highest BCUT2D eigenvalue weighted by molar-refractivity contribution is 9.10. The van der Waals surface area contributed by atoms with E-state index >= 15 is 0 Å². The lowest BCUT2D eigenvalue weighted by Crippen LogP contribution is -2.35. The molecule has 2 N–H and O–H groups in total. The lowest BCUT2D eigenvalue weighted by Gasteiger charge is -2.08. The van der Waals surface area contributed by atoms with Crippen LogP contribution in [0, 0.1) is 0 Å². The highest BCUT2D eigenvalue weighted by Crippen LogP contribution is 2.24. The lowest BCUT2D eigenvalue weighted by atomic mass is 10.3. The Hall–Kier alpha value is -1.27. The number of halogens is 2. The van der Waals surface area contributed by atoms with Gasteiger partial charge >= 0.3 is 6.03 Å². The van der Waals surface area contributed by atoms with Crippen LogP contribution in [0.15, 0.2) is 22.7 Å². The smallest absolute Gasteiger partial charge is 0.325 e. The van der Waals surface area contributed by atoms with E-state index in [1.54, 1.807) is 18.2 Å². The van der Waals surface area contributed by atoms with Gasteiger partial charge in [0.25, 0.3) is 0 Å². The van der Waals surface area contributed by atoms with Crippen molar-refractivity contribution >= 4 is 45.2 Å². The minimum absolute atomic E-state index is 0.269. The van der Waals surface area contributed by atoms with Gasteiger partial charge in [0.15, 0.2) is 0 Å². The van der Waals surface area contributed by atoms with Crippen LogP contribution >= 0.6 is 27.5 Å². The normalized spacial score (nSPS) is 9.59. The number of carbonyl (C=O) groups is 2. The number of carbonyl (C=O) groups excluding carboxylic acids is 2. The van der Waals surface area contributed by atoms with Gasteiger partial charge in [-0.3, -0.25) is 10.1 Å². The second-order valence-corrected chi connectivity index (χ2v) is 4.20. The first-order valence-electron chi connectivity index (χ1n) is 4.56. The molecule has 0 heterocycles. The summed E-state index contributed by atoms with van der Waals surface area (Å²) in [6.07, 6.45) is 0. The molecule has 17 heavy (non-hydrogen) atoms. The van der Waals surface area contributed by atoms with Crippen LogP contribution in [0.5, 0.6) is 5.75 Å². The molecule has 1 aromatic rings. The zero-order valence-corrected chi connectivity index (χ0v) is 11.3. The summed E-state index contributed by atoms with van der Waals surface area (Å²) >= 11 is 8.52. The first-order chi connectivity index (χ1) is 8.05. The minimum Gasteiger partial charge on any atom is -0.497 e. The quantitative estimate of drug-likeness (QED) is 0.840. The van der Waals surface area contributed by atoms with Gasteiger partial charge in [0.2, 0.25) is 5.91 Å². The summed E-state index contributed by atoms with van der Waals surface area (Å²) in [5.41, 5.74) is 0.496. The molecule has 3 amide bonds. The molecule has 0 fully saturated rings. The molecular weight excluding hydrogens is 311 g/mol. The van der Waals surface area contributed by atoms with Crippen molar-refractivity contribution in [2.24, 2.45) is 0 Å². The summed E-state index contributed by atoms with van der Waals surface area (Å²) in [6, 6.07) is 4.39. The van der Waals surface area contributed by atoms with Gasteiger partial charge in [-0.2, -0.15) is 0 Å². The van der Waals surface area contributed by atoms with E-state index in [0.29, 0.717) is 11.4 Å². The molecule has 0 aliphatic rings. The third-order valence-corrected chi connectivity index (χ3v) is 2.44. The molecule has 92 valence electrons. The van der Waals surface area contributed by atoms with Crippen LogP contribution < -0.4 is 15.4 Å². The lowest BCUT2D eigenvalue weighted by molar-refractivity contribution is -0.117. The van der Waals surface area contributed by atoms with Gasteiger partial charge in [-0.25, -0.2) is 4.79 Å². The Balaban J connectivity index is 2.71. The van der Waals surface area contributed by atoms with Crippen molar-refractivity contribution in [3.05, 3.63) is 22.7 Å². The molecule has 1 rings (SSSR count). The maximum Gasteiger partial charge on any atom is 0.325 e. The van der Waals surface area contributed by atoms with Crippen molar-refractivity contribution in [1.82, 2.24) is 5.32 Å². The van der Waals surface area contributed by atoms with Crippen molar-refractivity contribution < 1.29 is 14.3 Å². The summed E-state index contributed by atoms with van der Waals surface area (Å²) in [4.78, 5) is 22.2. The van der Waals surface area contributed by atoms with E-state index in [1.165, 1.54) is 7.11 Å². The number of hydrogen-bond acceptors (Lipinski definition) is 3. The van der Waals surface area contributed by atoms with Gasteiger partial charge in [0.1, 0.15) is 11.6 Å². The highest BCUT2D eigenvalue weighted by Gasteiger charge is 2.07. The van der Waals surface area contributed by atoms with Gasteiger partial charge in [-0.1, -0.05) is 15.9 Å². The van der Waals surface area contributed by atoms with Crippen molar-refractivity contribution in [2.75, 3.05) is 18.3 Å². The third-order valence-electron chi connectivity index (χ3n) is 1.74. The number of methoxy groups -OCH3 is 1. The molecule has 0 bridgehead atoms. The topological polar surface area (TPSA) is 67.4 Å². The Morgan fingerprint density at radius 3 is 2.71 bits per heavy atom. The Morgan fingerprint density at radius 2 is 2.12 bits per heavy atom. The number of anilines is 1. The van der Waals surface area contributed by atoms with Crippen molar-refractivity contribution in [3.8, 4) is 5.75 Å². The Morgan fingerprint density at radius 1 is 1.41 bits per heavy atom. The fourth-order valence-electron chi connectivity index (χ4n) is 1.08. The van der Waals surface area contributed by atoms with Crippen LogP contribution in [0.2, 0.25) is 0 Å². The number of urea groups is 1. The number of nitrogens with one attached hydrogen (secondary N) is 2. The second-order valence-electron chi connectivity index (χ2n) is 3.02. The summed E-state index contributed by atoms with van der Waals surface area (Å²) in [7, 11) is 1.52. The molecule has 0 aliphatic carbocycles. The van der Waals surface area contributed by atoms with Gasteiger partial charge in [0.05, 0.1) is 7.11 Å². The molecule has 0 radical (unpaired) electrons. The molecule has 0 unspecified atom stereocenters. The fourth-order valence-corrected chi connectivity index (χ4v) is 1.61. The van der Waals surface area contributed by atoms with Gasteiger partial charge in [0, 0.05) is 16.2 Å². The third kappa shape index (κ3) is 4.62. The number of amides is 3. The van der Waals surface area contributed by atoms with Gasteiger partial charge < -0.3 is 10.1 Å². The van der Waals surface area contributed by atoms with E-state index in [2.05, 4.69) is 26.6 Å². The standard InChI is InChI=1S/C10H10BrClN2O3/c1-17-8-3-6(11)2-7(4-8)13-10(16)14-9(15)5-12/h2-4H,5H2,1H3,(H2,13,14,15,16). The number of imide groups is 1. The van der Waals surface area contributed by atoms with Gasteiger partial charge in [-0.15, -0.1) is 11.6 Å². The van der Waals surface area contributed by atoms with E-state index in [-0.39, 0.29) is 5.88 Å². The average molecular weight is 322 g/mol. The van der Waals surface area contributed by atoms with Crippen molar-refractivity contribution in [1.29, 1.82) is 0 Å². The second kappa shape index (κ2) is 6.46. The van der Waals surface area contributed by atoms with Crippen LogP contribution in [0.3, 0.4) is 0 Å². The Labute approximate surface area is 112 Å². The predicted molar refractivity (Wildman–Crippen MR) is 68.6 cm³/mol. The molecule has 0 aliphatic heterocycles. The fraction of sp³-hybridized carbons (Fsp3) is 0.200. The van der Waals surface area contributed by atoms with E-state index in [9.17, 15) is 9.59 Å². The maximum absolute atomic E-state index is 11.3. The average Bonchev–Trinajstić information content (AvgIpc) is 2.27. The summed E-state index contributed by atoms with van der Waals surface area (Å²) < 4.78 is 5.78. The van der Waals surface area contributed by atoms with Gasteiger partial charge in [-0.05, 0) is 12.1 Å². The zero-order chi connectivity index (χ0) is 12.8. The Kier molecular flexibility index (Phi) is 5.24. The molecule has 0 spiro atoms. The predicted octanol–water partition coefficient (Wildman–Crippen LogP) is 2.34. The maximum atomic E-state index is 11.3. The monoisotopic (exact) mass is 320 g/mol. The first kappa shape index (κ1) is 13.8. The van der Waals surface area contributed by atoms with Crippen LogP contribution in [-0.2, 0) is 4.79 Å². The van der Waals surface area contributed by atoms with Crippen LogP contribution in [0.4, 0.5) is 10.5 Å². The summed E-state index contributed by atoms with van der Waals surface area (Å²) in [6.45, 7) is 0. The van der Waals surface area contributed by atoms with Crippen LogP contribution in [-0.4, -0.2) is 24.9 Å². The Bertz CT molecular complexity index is 440. The molecule has 7 heteroatoms. The van der Waals surface area contributed by atoms with Crippen LogP contribution in [0.1, 0.15) is 0 Å². The minimum atomic E-state index is -0.643. The molecule has 0 saturated heterocycles. The number of benzene rings is 1. The molecule has 0 aromatic heterocycles. The van der Waals surface area contributed by atoms with E-state index in [4.69, 9.17) is 16.3 Å². The number of rotatable bonds is 3. The SMILES string of the molecule is COc1cc(Br)cc(NC(=O)NC(=O)CCl)c1. The number of ether oxygens (including phenoxy) is 1. The molecule has 0 saturated carbocycles. The largest absolute Gasteiger partial charge is 0.497 e.